The maximum absolute atomic E-state index is 12.7. The van der Waals surface area contributed by atoms with Crippen molar-refractivity contribution in [3.05, 3.63) is 47.2 Å². The van der Waals surface area contributed by atoms with Gasteiger partial charge in [-0.15, -0.1) is 0 Å². The van der Waals surface area contributed by atoms with Gasteiger partial charge in [0.15, 0.2) is 0 Å². The molecule has 1 fully saturated rings. The topological polar surface area (TPSA) is 69.3 Å². The molecule has 0 radical (unpaired) electrons. The number of aromatic amines is 1. The number of halogens is 1. The largest absolute Gasteiger partial charge is 0.346 e. The van der Waals surface area contributed by atoms with Crippen LogP contribution in [0.3, 0.4) is 0 Å². The van der Waals surface area contributed by atoms with Crippen LogP contribution < -0.4 is 4.90 Å². The van der Waals surface area contributed by atoms with E-state index < -0.39 is 0 Å². The van der Waals surface area contributed by atoms with Crippen molar-refractivity contribution in [2.24, 2.45) is 0 Å². The number of hydrogen-bond donors (Lipinski definition) is 1. The quantitative estimate of drug-likeness (QED) is 0.656. The van der Waals surface area contributed by atoms with Gasteiger partial charge in [0.05, 0.1) is 11.6 Å². The molecule has 0 aliphatic carbocycles. The first kappa shape index (κ1) is 18.5. The van der Waals surface area contributed by atoms with E-state index >= 15 is 0 Å². The average Bonchev–Trinajstić information content (AvgIpc) is 3.15. The van der Waals surface area contributed by atoms with Crippen LogP contribution in [0.4, 0.5) is 10.5 Å². The Morgan fingerprint density at radius 1 is 1.32 bits per heavy atom. The predicted octanol–water partition coefficient (Wildman–Crippen LogP) is 4.23. The fourth-order valence-electron chi connectivity index (χ4n) is 3.69. The first-order chi connectivity index (χ1) is 13.6. The number of amides is 2. The van der Waals surface area contributed by atoms with E-state index in [1.807, 2.05) is 36.7 Å². The summed E-state index contributed by atoms with van der Waals surface area (Å²) in [5.74, 6) is 0.744. The van der Waals surface area contributed by atoms with Gasteiger partial charge in [-0.05, 0) is 36.1 Å². The Morgan fingerprint density at radius 2 is 2.18 bits per heavy atom. The molecular formula is C21H21ClN4O2. The van der Waals surface area contributed by atoms with Gasteiger partial charge < -0.3 is 14.7 Å². The number of hydrogen-bond acceptors (Lipinski definition) is 3. The minimum Gasteiger partial charge on any atom is -0.346 e. The van der Waals surface area contributed by atoms with E-state index in [1.54, 1.807) is 9.80 Å². The summed E-state index contributed by atoms with van der Waals surface area (Å²) in [6.07, 6.45) is 6.12. The molecular weight excluding hydrogens is 376 g/mol. The molecule has 144 valence electrons. The van der Waals surface area contributed by atoms with Gasteiger partial charge in [0, 0.05) is 42.3 Å². The monoisotopic (exact) mass is 396 g/mol. The molecule has 7 heteroatoms. The van der Waals surface area contributed by atoms with E-state index in [1.165, 1.54) is 0 Å². The number of aromatic nitrogens is 2. The van der Waals surface area contributed by atoms with Gasteiger partial charge in [-0.2, -0.15) is 0 Å². The Labute approximate surface area is 168 Å². The van der Waals surface area contributed by atoms with Crippen molar-refractivity contribution >= 4 is 29.6 Å². The third kappa shape index (κ3) is 3.14. The van der Waals surface area contributed by atoms with E-state index in [2.05, 4.69) is 16.9 Å². The fraction of sp³-hybridized carbons (Fsp3) is 0.286. The molecule has 4 rings (SSSR count). The third-order valence-corrected chi connectivity index (χ3v) is 5.60. The lowest BCUT2D eigenvalue weighted by Crippen LogP contribution is -2.50. The zero-order chi connectivity index (χ0) is 19.7. The number of urea groups is 1. The number of aldehydes is 1. The number of benzene rings is 1. The zero-order valence-corrected chi connectivity index (χ0v) is 16.4. The summed E-state index contributed by atoms with van der Waals surface area (Å²) >= 11 is 6.64. The molecule has 0 bridgehead atoms. The lowest BCUT2D eigenvalue weighted by atomic mass is 10.0. The zero-order valence-electron chi connectivity index (χ0n) is 15.6. The molecule has 1 aromatic carbocycles. The molecule has 1 saturated heterocycles. The molecule has 3 aliphatic heterocycles. The van der Waals surface area contributed by atoms with Gasteiger partial charge in [0.25, 0.3) is 0 Å². The summed E-state index contributed by atoms with van der Waals surface area (Å²) in [5, 5.41) is 0.709. The highest BCUT2D eigenvalue weighted by Gasteiger charge is 2.27. The number of carbonyl (C=O) groups is 2. The lowest BCUT2D eigenvalue weighted by Gasteiger charge is -2.34. The SMILES string of the molecule is CCc1c[nH]c2ncc(-c3cccc(N4CCCN(CC=O)C4=O)c3)c-2c1Cl. The molecule has 0 aromatic heterocycles. The summed E-state index contributed by atoms with van der Waals surface area (Å²) in [6.45, 7) is 3.42. The van der Waals surface area contributed by atoms with Crippen molar-refractivity contribution in [1.82, 2.24) is 14.9 Å². The summed E-state index contributed by atoms with van der Waals surface area (Å²) in [4.78, 5) is 34.5. The number of nitrogens with zero attached hydrogens (tertiary/aromatic N) is 3. The highest BCUT2D eigenvalue weighted by molar-refractivity contribution is 6.34. The van der Waals surface area contributed by atoms with Crippen molar-refractivity contribution in [2.45, 2.75) is 19.8 Å². The molecule has 28 heavy (non-hydrogen) atoms. The van der Waals surface area contributed by atoms with Crippen LogP contribution in [0.15, 0.2) is 36.7 Å². The number of carbonyl (C=O) groups excluding carboxylic acids is 2. The van der Waals surface area contributed by atoms with Crippen LogP contribution in [0.5, 0.6) is 0 Å². The minimum absolute atomic E-state index is 0.123. The van der Waals surface area contributed by atoms with E-state index in [4.69, 9.17) is 11.6 Å². The maximum atomic E-state index is 12.7. The van der Waals surface area contributed by atoms with Gasteiger partial charge in [-0.3, -0.25) is 4.90 Å². The van der Waals surface area contributed by atoms with Crippen molar-refractivity contribution in [3.8, 4) is 22.5 Å². The smallest absolute Gasteiger partial charge is 0.324 e. The highest BCUT2D eigenvalue weighted by atomic mass is 35.5. The summed E-state index contributed by atoms with van der Waals surface area (Å²) in [5.41, 5.74) is 4.62. The number of H-pyrrole nitrogens is 1. The number of pyridine rings is 1. The number of rotatable bonds is 5. The Bertz CT molecular complexity index is 1000. The molecule has 3 aliphatic rings. The van der Waals surface area contributed by atoms with Gasteiger partial charge in [-0.25, -0.2) is 9.78 Å². The number of anilines is 1. The van der Waals surface area contributed by atoms with Gasteiger partial charge in [0.1, 0.15) is 12.1 Å². The van der Waals surface area contributed by atoms with Gasteiger partial charge in [-0.1, -0.05) is 30.7 Å². The molecule has 0 unspecified atom stereocenters. The maximum Gasteiger partial charge on any atom is 0.324 e. The molecule has 3 heterocycles. The van der Waals surface area contributed by atoms with Crippen LogP contribution >= 0.6 is 11.6 Å². The first-order valence-corrected chi connectivity index (χ1v) is 9.76. The van der Waals surface area contributed by atoms with Gasteiger partial charge in [0.2, 0.25) is 0 Å². The predicted molar refractivity (Wildman–Crippen MR) is 110 cm³/mol. The molecule has 6 nitrogen and oxygen atoms in total. The van der Waals surface area contributed by atoms with E-state index in [9.17, 15) is 9.59 Å². The number of fused-ring (bicyclic) bond motifs is 1. The second-order valence-corrected chi connectivity index (χ2v) is 7.21. The Morgan fingerprint density at radius 3 is 2.96 bits per heavy atom. The highest BCUT2D eigenvalue weighted by Crippen LogP contribution is 2.40. The lowest BCUT2D eigenvalue weighted by molar-refractivity contribution is -0.108. The summed E-state index contributed by atoms with van der Waals surface area (Å²) in [7, 11) is 0. The van der Waals surface area contributed by atoms with E-state index in [-0.39, 0.29) is 12.6 Å². The molecule has 0 saturated carbocycles. The van der Waals surface area contributed by atoms with Crippen LogP contribution in [0.2, 0.25) is 5.02 Å². The van der Waals surface area contributed by atoms with E-state index in [0.29, 0.717) is 18.1 Å². The molecule has 2 amide bonds. The fourth-order valence-corrected chi connectivity index (χ4v) is 4.07. The number of nitrogens with one attached hydrogen (secondary N) is 1. The van der Waals surface area contributed by atoms with Crippen molar-refractivity contribution in [1.29, 1.82) is 0 Å². The van der Waals surface area contributed by atoms with Crippen LogP contribution in [0.1, 0.15) is 18.9 Å². The summed E-state index contributed by atoms with van der Waals surface area (Å²) < 4.78 is 0. The van der Waals surface area contributed by atoms with Crippen LogP contribution in [-0.4, -0.2) is 46.8 Å². The second-order valence-electron chi connectivity index (χ2n) is 6.83. The normalized spacial score (nSPS) is 14.7. The number of aryl methyl sites for hydroxylation is 1. The first-order valence-electron chi connectivity index (χ1n) is 9.39. The van der Waals surface area contributed by atoms with Crippen LogP contribution in [0.25, 0.3) is 22.5 Å². The third-order valence-electron chi connectivity index (χ3n) is 5.17. The van der Waals surface area contributed by atoms with Crippen molar-refractivity contribution in [3.63, 3.8) is 0 Å². The average molecular weight is 397 g/mol. The Hall–Kier alpha value is -2.86. The van der Waals surface area contributed by atoms with E-state index in [0.717, 1.165) is 52.9 Å². The molecule has 0 spiro atoms. The van der Waals surface area contributed by atoms with Crippen LogP contribution in [0, 0.1) is 0 Å². The van der Waals surface area contributed by atoms with Crippen molar-refractivity contribution in [2.75, 3.05) is 24.5 Å². The second kappa shape index (κ2) is 7.64. The Kier molecular flexibility index (Phi) is 5.05. The Balaban J connectivity index is 1.73. The summed E-state index contributed by atoms with van der Waals surface area (Å²) in [6, 6.07) is 7.67. The minimum atomic E-state index is -0.138. The van der Waals surface area contributed by atoms with Crippen molar-refractivity contribution < 1.29 is 9.59 Å². The standard InChI is InChI=1S/C21H21ClN4O2/c1-2-14-12-23-20-18(19(14)22)17(13-24-20)15-5-3-6-16(11-15)26-8-4-7-25(9-10-27)21(26)28/h3,5-6,10-13H,2,4,7-9H2,1H3,(H,23,24). The molecule has 1 N–H and O–H groups in total. The van der Waals surface area contributed by atoms with Gasteiger partial charge >= 0.3 is 6.03 Å². The van der Waals surface area contributed by atoms with Crippen LogP contribution in [-0.2, 0) is 11.2 Å². The molecule has 0 atom stereocenters. The molecule has 1 aromatic rings.